The SMILES string of the molecule is CC[C@H](N)C(=O)NCCn1cc(C(=O)O)nn1. The van der Waals surface area contributed by atoms with E-state index in [9.17, 15) is 9.59 Å². The van der Waals surface area contributed by atoms with Crippen LogP contribution < -0.4 is 11.1 Å². The average Bonchev–Trinajstić information content (AvgIpc) is 2.76. The van der Waals surface area contributed by atoms with E-state index in [-0.39, 0.29) is 11.6 Å². The smallest absolute Gasteiger partial charge is 0.358 e. The summed E-state index contributed by atoms with van der Waals surface area (Å²) >= 11 is 0. The normalized spacial score (nSPS) is 12.1. The van der Waals surface area contributed by atoms with E-state index in [0.29, 0.717) is 19.5 Å². The first-order chi connectivity index (χ1) is 8.04. The fraction of sp³-hybridized carbons (Fsp3) is 0.556. The summed E-state index contributed by atoms with van der Waals surface area (Å²) in [5.41, 5.74) is 5.39. The van der Waals surface area contributed by atoms with Gasteiger partial charge in [0.1, 0.15) is 0 Å². The van der Waals surface area contributed by atoms with Gasteiger partial charge in [0.25, 0.3) is 0 Å². The molecule has 17 heavy (non-hydrogen) atoms. The lowest BCUT2D eigenvalue weighted by atomic mass is 10.2. The molecule has 0 fully saturated rings. The lowest BCUT2D eigenvalue weighted by Gasteiger charge is -2.09. The summed E-state index contributed by atoms with van der Waals surface area (Å²) in [5.74, 6) is -1.36. The highest BCUT2D eigenvalue weighted by atomic mass is 16.4. The Hall–Kier alpha value is -1.96. The molecule has 0 unspecified atom stereocenters. The number of rotatable bonds is 6. The highest BCUT2D eigenvalue weighted by Gasteiger charge is 2.11. The fourth-order valence-corrected chi connectivity index (χ4v) is 1.12. The van der Waals surface area contributed by atoms with E-state index in [0.717, 1.165) is 0 Å². The van der Waals surface area contributed by atoms with Crippen LogP contribution in [0.25, 0.3) is 0 Å². The molecule has 0 aliphatic heterocycles. The Morgan fingerprint density at radius 2 is 2.35 bits per heavy atom. The van der Waals surface area contributed by atoms with Crippen LogP contribution in [0.2, 0.25) is 0 Å². The van der Waals surface area contributed by atoms with E-state index < -0.39 is 12.0 Å². The molecular weight excluding hydrogens is 226 g/mol. The lowest BCUT2D eigenvalue weighted by molar-refractivity contribution is -0.122. The third kappa shape index (κ3) is 3.83. The number of carbonyl (C=O) groups excluding carboxylic acids is 1. The Morgan fingerprint density at radius 3 is 2.88 bits per heavy atom. The van der Waals surface area contributed by atoms with Crippen LogP contribution in [0.4, 0.5) is 0 Å². The molecule has 1 heterocycles. The third-order valence-corrected chi connectivity index (χ3v) is 2.17. The van der Waals surface area contributed by atoms with Crippen molar-refractivity contribution in [2.24, 2.45) is 5.73 Å². The van der Waals surface area contributed by atoms with Crippen molar-refractivity contribution in [2.45, 2.75) is 25.9 Å². The Morgan fingerprint density at radius 1 is 1.65 bits per heavy atom. The topological polar surface area (TPSA) is 123 Å². The van der Waals surface area contributed by atoms with Gasteiger partial charge in [0.2, 0.25) is 5.91 Å². The molecule has 1 rings (SSSR count). The third-order valence-electron chi connectivity index (χ3n) is 2.17. The Labute approximate surface area is 97.8 Å². The lowest BCUT2D eigenvalue weighted by Crippen LogP contribution is -2.41. The second-order valence-corrected chi connectivity index (χ2v) is 3.48. The molecule has 0 spiro atoms. The molecule has 0 saturated carbocycles. The van der Waals surface area contributed by atoms with Crippen molar-refractivity contribution in [2.75, 3.05) is 6.54 Å². The molecule has 1 aromatic rings. The molecule has 94 valence electrons. The van der Waals surface area contributed by atoms with Gasteiger partial charge in [0, 0.05) is 6.54 Å². The van der Waals surface area contributed by atoms with Crippen molar-refractivity contribution in [3.05, 3.63) is 11.9 Å². The Balaban J connectivity index is 2.35. The first-order valence-electron chi connectivity index (χ1n) is 5.21. The average molecular weight is 241 g/mol. The van der Waals surface area contributed by atoms with E-state index in [1.54, 1.807) is 0 Å². The summed E-state index contributed by atoms with van der Waals surface area (Å²) in [6.07, 6.45) is 1.87. The fourth-order valence-electron chi connectivity index (χ4n) is 1.12. The summed E-state index contributed by atoms with van der Waals surface area (Å²) in [6.45, 7) is 2.50. The number of hydrogen-bond donors (Lipinski definition) is 3. The van der Waals surface area contributed by atoms with Crippen molar-refractivity contribution >= 4 is 11.9 Å². The Kier molecular flexibility index (Phi) is 4.58. The summed E-state index contributed by atoms with van der Waals surface area (Å²) in [4.78, 5) is 21.8. The van der Waals surface area contributed by atoms with Crippen molar-refractivity contribution < 1.29 is 14.7 Å². The number of aromatic carboxylic acids is 1. The predicted octanol–water partition coefficient (Wildman–Crippen LogP) is -1.17. The van der Waals surface area contributed by atoms with Crippen LogP contribution in [0.1, 0.15) is 23.8 Å². The van der Waals surface area contributed by atoms with Gasteiger partial charge in [0.05, 0.1) is 18.8 Å². The van der Waals surface area contributed by atoms with Crippen molar-refractivity contribution in [3.8, 4) is 0 Å². The zero-order valence-electron chi connectivity index (χ0n) is 9.46. The van der Waals surface area contributed by atoms with Gasteiger partial charge in [-0.15, -0.1) is 5.10 Å². The van der Waals surface area contributed by atoms with E-state index >= 15 is 0 Å². The molecule has 0 aliphatic carbocycles. The maximum atomic E-state index is 11.3. The minimum atomic E-state index is -1.13. The molecule has 0 aliphatic rings. The molecule has 0 aromatic carbocycles. The van der Waals surface area contributed by atoms with Crippen LogP contribution in [0, 0.1) is 0 Å². The van der Waals surface area contributed by atoms with Crippen molar-refractivity contribution in [1.29, 1.82) is 0 Å². The standard InChI is InChI=1S/C9H15N5O3/c1-2-6(10)8(15)11-3-4-14-5-7(9(16)17)12-13-14/h5-6H,2-4,10H2,1H3,(H,11,15)(H,16,17)/t6-/m0/s1. The molecule has 1 atom stereocenters. The Bertz CT molecular complexity index is 403. The largest absolute Gasteiger partial charge is 0.476 e. The minimum absolute atomic E-state index is 0.124. The van der Waals surface area contributed by atoms with Crippen LogP contribution in [0.3, 0.4) is 0 Å². The second-order valence-electron chi connectivity index (χ2n) is 3.48. The van der Waals surface area contributed by atoms with Crippen LogP contribution in [-0.2, 0) is 11.3 Å². The number of hydrogen-bond acceptors (Lipinski definition) is 5. The molecule has 0 bridgehead atoms. The number of carboxylic acids is 1. The molecule has 1 amide bonds. The summed E-state index contributed by atoms with van der Waals surface area (Å²) < 4.78 is 1.35. The maximum Gasteiger partial charge on any atom is 0.358 e. The zero-order valence-corrected chi connectivity index (χ0v) is 9.46. The first kappa shape index (κ1) is 13.1. The number of nitrogens with zero attached hydrogens (tertiary/aromatic N) is 3. The number of carboxylic acid groups (broad SMARTS) is 1. The van der Waals surface area contributed by atoms with Crippen molar-refractivity contribution in [1.82, 2.24) is 20.3 Å². The molecule has 8 heteroatoms. The van der Waals surface area contributed by atoms with Gasteiger partial charge in [-0.1, -0.05) is 12.1 Å². The van der Waals surface area contributed by atoms with Gasteiger partial charge >= 0.3 is 5.97 Å². The molecule has 4 N–H and O–H groups in total. The van der Waals surface area contributed by atoms with E-state index in [1.165, 1.54) is 10.9 Å². The molecule has 8 nitrogen and oxygen atoms in total. The second kappa shape index (κ2) is 5.94. The number of amides is 1. The molecule has 0 saturated heterocycles. The summed E-state index contributed by atoms with van der Waals surface area (Å²) in [7, 11) is 0. The number of carbonyl (C=O) groups is 2. The van der Waals surface area contributed by atoms with Crippen LogP contribution in [-0.4, -0.2) is 44.6 Å². The summed E-state index contributed by atoms with van der Waals surface area (Å²) in [6, 6.07) is -0.514. The molecule has 0 radical (unpaired) electrons. The maximum absolute atomic E-state index is 11.3. The predicted molar refractivity (Wildman–Crippen MR) is 58.3 cm³/mol. The van der Waals surface area contributed by atoms with Gasteiger partial charge in [-0.2, -0.15) is 0 Å². The number of nitrogens with two attached hydrogens (primary N) is 1. The van der Waals surface area contributed by atoms with E-state index in [2.05, 4.69) is 15.6 Å². The minimum Gasteiger partial charge on any atom is -0.476 e. The molecule has 1 aromatic heterocycles. The van der Waals surface area contributed by atoms with E-state index in [1.807, 2.05) is 6.92 Å². The van der Waals surface area contributed by atoms with Crippen LogP contribution in [0.5, 0.6) is 0 Å². The van der Waals surface area contributed by atoms with Gasteiger partial charge in [-0.3, -0.25) is 4.79 Å². The van der Waals surface area contributed by atoms with Gasteiger partial charge in [-0.05, 0) is 6.42 Å². The molecular formula is C9H15N5O3. The number of nitrogens with one attached hydrogen (secondary N) is 1. The highest BCUT2D eigenvalue weighted by molar-refractivity contribution is 5.84. The monoisotopic (exact) mass is 241 g/mol. The van der Waals surface area contributed by atoms with Crippen molar-refractivity contribution in [3.63, 3.8) is 0 Å². The highest BCUT2D eigenvalue weighted by Crippen LogP contribution is 1.92. The van der Waals surface area contributed by atoms with Crippen LogP contribution >= 0.6 is 0 Å². The number of aromatic nitrogens is 3. The quantitative estimate of drug-likeness (QED) is 0.576. The van der Waals surface area contributed by atoms with Gasteiger partial charge in [-0.25, -0.2) is 9.48 Å². The van der Waals surface area contributed by atoms with Gasteiger partial charge in [0.15, 0.2) is 5.69 Å². The zero-order chi connectivity index (χ0) is 12.8. The van der Waals surface area contributed by atoms with Gasteiger partial charge < -0.3 is 16.2 Å². The summed E-state index contributed by atoms with van der Waals surface area (Å²) in [5, 5.41) is 18.3. The van der Waals surface area contributed by atoms with Crippen LogP contribution in [0.15, 0.2) is 6.20 Å². The van der Waals surface area contributed by atoms with E-state index in [4.69, 9.17) is 10.8 Å². The first-order valence-corrected chi connectivity index (χ1v) is 5.21.